The first kappa shape index (κ1) is 19.8. The highest BCUT2D eigenvalue weighted by molar-refractivity contribution is 7.89. The standard InChI is InChI=1S/C17H28N4O3S/c1-20(15-7-4-3-5-8-15)12-11-19-17(22)14-21(2)25(23,24)16-9-6-10-18-13-16/h6,9-10,13,15H,3-5,7-8,11-12,14H2,1-2H3,(H,19,22). The van der Waals surface area contributed by atoms with Gasteiger partial charge in [-0.1, -0.05) is 19.3 Å². The molecule has 0 spiro atoms. The van der Waals surface area contributed by atoms with Crippen molar-refractivity contribution in [3.63, 3.8) is 0 Å². The summed E-state index contributed by atoms with van der Waals surface area (Å²) in [6.07, 6.45) is 9.10. The van der Waals surface area contributed by atoms with Gasteiger partial charge in [0.1, 0.15) is 4.90 Å². The number of aromatic nitrogens is 1. The number of amides is 1. The average Bonchev–Trinajstić information content (AvgIpc) is 2.63. The van der Waals surface area contributed by atoms with E-state index in [9.17, 15) is 13.2 Å². The SMILES string of the molecule is CN(CCNC(=O)CN(C)S(=O)(=O)c1cccnc1)C1CCCCC1. The van der Waals surface area contributed by atoms with Crippen molar-refractivity contribution in [1.29, 1.82) is 0 Å². The lowest BCUT2D eigenvalue weighted by molar-refractivity contribution is -0.121. The Morgan fingerprint density at radius 3 is 2.64 bits per heavy atom. The van der Waals surface area contributed by atoms with Crippen LogP contribution in [-0.4, -0.2) is 68.3 Å². The zero-order valence-electron chi connectivity index (χ0n) is 15.0. The summed E-state index contributed by atoms with van der Waals surface area (Å²) in [5.41, 5.74) is 0. The smallest absolute Gasteiger partial charge is 0.244 e. The van der Waals surface area contributed by atoms with E-state index in [4.69, 9.17) is 0 Å². The first-order valence-electron chi connectivity index (χ1n) is 8.74. The van der Waals surface area contributed by atoms with Crippen LogP contribution in [0.4, 0.5) is 0 Å². The van der Waals surface area contributed by atoms with Crippen LogP contribution in [-0.2, 0) is 14.8 Å². The minimum atomic E-state index is -3.69. The van der Waals surface area contributed by atoms with E-state index in [1.54, 1.807) is 6.07 Å². The Morgan fingerprint density at radius 1 is 1.28 bits per heavy atom. The molecule has 0 bridgehead atoms. The fraction of sp³-hybridized carbons (Fsp3) is 0.647. The maximum Gasteiger partial charge on any atom is 0.244 e. The Bertz CT molecular complexity index is 645. The van der Waals surface area contributed by atoms with E-state index in [0.29, 0.717) is 12.6 Å². The number of hydrogen-bond donors (Lipinski definition) is 1. The highest BCUT2D eigenvalue weighted by Crippen LogP contribution is 2.21. The Balaban J connectivity index is 1.76. The molecular weight excluding hydrogens is 340 g/mol. The van der Waals surface area contributed by atoms with Gasteiger partial charge in [0.05, 0.1) is 6.54 Å². The van der Waals surface area contributed by atoms with Gasteiger partial charge >= 0.3 is 0 Å². The molecule has 0 aromatic carbocycles. The number of carbonyl (C=O) groups is 1. The minimum absolute atomic E-state index is 0.0855. The van der Waals surface area contributed by atoms with Crippen molar-refractivity contribution in [1.82, 2.24) is 19.5 Å². The number of hydrogen-bond acceptors (Lipinski definition) is 5. The number of nitrogens with zero attached hydrogens (tertiary/aromatic N) is 3. The van der Waals surface area contributed by atoms with Crippen molar-refractivity contribution in [2.45, 2.75) is 43.0 Å². The molecule has 1 aliphatic carbocycles. The maximum absolute atomic E-state index is 12.4. The van der Waals surface area contributed by atoms with Crippen LogP contribution in [0.5, 0.6) is 0 Å². The second kappa shape index (κ2) is 9.26. The van der Waals surface area contributed by atoms with Gasteiger partial charge in [0.15, 0.2) is 0 Å². The van der Waals surface area contributed by atoms with Crippen molar-refractivity contribution in [2.75, 3.05) is 33.7 Å². The lowest BCUT2D eigenvalue weighted by Crippen LogP contribution is -2.42. The lowest BCUT2D eigenvalue weighted by Gasteiger charge is -2.31. The molecule has 1 amide bonds. The van der Waals surface area contributed by atoms with Crippen LogP contribution in [0.25, 0.3) is 0 Å². The molecule has 8 heteroatoms. The first-order valence-corrected chi connectivity index (χ1v) is 10.2. The van der Waals surface area contributed by atoms with Gasteiger partial charge in [-0.2, -0.15) is 4.31 Å². The van der Waals surface area contributed by atoms with Crippen LogP contribution in [0.3, 0.4) is 0 Å². The van der Waals surface area contributed by atoms with Crippen molar-refractivity contribution in [3.05, 3.63) is 24.5 Å². The molecule has 1 heterocycles. The van der Waals surface area contributed by atoms with E-state index in [1.165, 1.54) is 57.6 Å². The van der Waals surface area contributed by atoms with E-state index in [2.05, 4.69) is 22.2 Å². The van der Waals surface area contributed by atoms with Crippen LogP contribution in [0.2, 0.25) is 0 Å². The van der Waals surface area contributed by atoms with Crippen LogP contribution in [0.15, 0.2) is 29.4 Å². The summed E-state index contributed by atoms with van der Waals surface area (Å²) >= 11 is 0. The molecule has 0 aliphatic heterocycles. The van der Waals surface area contributed by atoms with Gasteiger partial charge in [0, 0.05) is 38.6 Å². The molecule has 1 saturated carbocycles. The van der Waals surface area contributed by atoms with Gasteiger partial charge in [0.25, 0.3) is 0 Å². The normalized spacial score (nSPS) is 16.3. The lowest BCUT2D eigenvalue weighted by atomic mass is 9.94. The van der Waals surface area contributed by atoms with Crippen LogP contribution < -0.4 is 5.32 Å². The molecule has 1 aromatic rings. The summed E-state index contributed by atoms with van der Waals surface area (Å²) in [4.78, 5) is 18.2. The van der Waals surface area contributed by atoms with Gasteiger partial charge in [-0.05, 0) is 32.0 Å². The second-order valence-corrected chi connectivity index (χ2v) is 8.62. The van der Waals surface area contributed by atoms with Crippen LogP contribution >= 0.6 is 0 Å². The largest absolute Gasteiger partial charge is 0.354 e. The summed E-state index contributed by atoms with van der Waals surface area (Å²) in [5.74, 6) is -0.299. The molecule has 1 N–H and O–H groups in total. The number of pyridine rings is 1. The minimum Gasteiger partial charge on any atom is -0.354 e. The van der Waals surface area contributed by atoms with Crippen LogP contribution in [0.1, 0.15) is 32.1 Å². The summed E-state index contributed by atoms with van der Waals surface area (Å²) in [6, 6.07) is 3.62. The Hall–Kier alpha value is -1.51. The van der Waals surface area contributed by atoms with Gasteiger partial charge in [-0.3, -0.25) is 9.78 Å². The van der Waals surface area contributed by atoms with E-state index in [-0.39, 0.29) is 17.3 Å². The number of nitrogens with one attached hydrogen (secondary N) is 1. The van der Waals surface area contributed by atoms with Gasteiger partial charge in [-0.25, -0.2) is 8.42 Å². The fourth-order valence-corrected chi connectivity index (χ4v) is 4.19. The Labute approximate surface area is 150 Å². The molecule has 0 saturated heterocycles. The molecule has 25 heavy (non-hydrogen) atoms. The molecule has 1 aliphatic rings. The summed E-state index contributed by atoms with van der Waals surface area (Å²) in [6.45, 7) is 1.09. The number of carbonyl (C=O) groups excluding carboxylic acids is 1. The zero-order valence-corrected chi connectivity index (χ0v) is 15.8. The van der Waals surface area contributed by atoms with Crippen molar-refractivity contribution >= 4 is 15.9 Å². The number of rotatable bonds is 8. The van der Waals surface area contributed by atoms with E-state index < -0.39 is 10.0 Å². The maximum atomic E-state index is 12.4. The predicted octanol–water partition coefficient (Wildman–Crippen LogP) is 1.08. The Morgan fingerprint density at radius 2 is 2.00 bits per heavy atom. The third kappa shape index (κ3) is 5.76. The molecule has 7 nitrogen and oxygen atoms in total. The summed E-state index contributed by atoms with van der Waals surface area (Å²) in [7, 11) is -0.210. The van der Waals surface area contributed by atoms with Gasteiger partial charge < -0.3 is 10.2 Å². The molecule has 0 radical (unpaired) electrons. The molecule has 0 atom stereocenters. The van der Waals surface area contributed by atoms with E-state index in [0.717, 1.165) is 10.8 Å². The predicted molar refractivity (Wildman–Crippen MR) is 96.6 cm³/mol. The number of sulfonamides is 1. The van der Waals surface area contributed by atoms with E-state index in [1.807, 2.05) is 0 Å². The zero-order chi connectivity index (χ0) is 18.3. The molecule has 1 aromatic heterocycles. The fourth-order valence-electron chi connectivity index (χ4n) is 3.10. The van der Waals surface area contributed by atoms with Gasteiger partial charge in [0.2, 0.25) is 15.9 Å². The second-order valence-electron chi connectivity index (χ2n) is 6.57. The Kier molecular flexibility index (Phi) is 7.34. The molecule has 1 fully saturated rings. The topological polar surface area (TPSA) is 82.6 Å². The molecule has 2 rings (SSSR count). The highest BCUT2D eigenvalue weighted by Gasteiger charge is 2.23. The molecular formula is C17H28N4O3S. The van der Waals surface area contributed by atoms with Crippen molar-refractivity contribution in [2.24, 2.45) is 0 Å². The number of likely N-dealkylation sites (N-methyl/N-ethyl adjacent to an activating group) is 2. The molecule has 140 valence electrons. The summed E-state index contributed by atoms with van der Waals surface area (Å²) < 4.78 is 25.8. The average molecular weight is 369 g/mol. The van der Waals surface area contributed by atoms with Crippen LogP contribution in [0, 0.1) is 0 Å². The third-order valence-corrected chi connectivity index (χ3v) is 6.48. The van der Waals surface area contributed by atoms with Crippen molar-refractivity contribution in [3.8, 4) is 0 Å². The molecule has 0 unspecified atom stereocenters. The third-order valence-electron chi connectivity index (χ3n) is 4.69. The first-order chi connectivity index (χ1) is 11.9. The quantitative estimate of drug-likeness (QED) is 0.742. The highest BCUT2D eigenvalue weighted by atomic mass is 32.2. The summed E-state index contributed by atoms with van der Waals surface area (Å²) in [5, 5.41) is 2.80. The van der Waals surface area contributed by atoms with E-state index >= 15 is 0 Å². The van der Waals surface area contributed by atoms with Gasteiger partial charge in [-0.15, -0.1) is 0 Å². The van der Waals surface area contributed by atoms with Crippen molar-refractivity contribution < 1.29 is 13.2 Å². The monoisotopic (exact) mass is 368 g/mol.